The van der Waals surface area contributed by atoms with Gasteiger partial charge in [0.2, 0.25) is 0 Å². The van der Waals surface area contributed by atoms with Gasteiger partial charge in [-0.1, -0.05) is 60.2 Å². The summed E-state index contributed by atoms with van der Waals surface area (Å²) in [6.45, 7) is 4.80. The first-order valence-electron chi connectivity index (χ1n) is 9.65. The van der Waals surface area contributed by atoms with Crippen molar-refractivity contribution in [3.05, 3.63) is 88.5 Å². The lowest BCUT2D eigenvalue weighted by molar-refractivity contribution is 0.605. The maximum absolute atomic E-state index is 8.70. The highest BCUT2D eigenvalue weighted by Crippen LogP contribution is 2.23. The number of allylic oxidation sites excluding steroid dienone is 4. The van der Waals surface area contributed by atoms with Gasteiger partial charge in [-0.25, -0.2) is 0 Å². The van der Waals surface area contributed by atoms with Crippen LogP contribution >= 0.6 is 12.2 Å². The Balaban J connectivity index is 1.78. The maximum atomic E-state index is 8.70. The van der Waals surface area contributed by atoms with E-state index in [1.165, 1.54) is 22.3 Å². The Hall–Kier alpha value is -2.72. The normalized spacial score (nSPS) is 13.1. The molecule has 0 radical (unpaired) electrons. The predicted octanol–water partition coefficient (Wildman–Crippen LogP) is 5.15. The summed E-state index contributed by atoms with van der Waals surface area (Å²) in [4.78, 5) is 1.72. The smallest absolute Gasteiger partial charge is 0.171 e. The monoisotopic (exact) mass is 389 g/mol. The molecule has 0 saturated carbocycles. The second-order valence-electron chi connectivity index (χ2n) is 7.24. The van der Waals surface area contributed by atoms with Gasteiger partial charge >= 0.3 is 0 Å². The molecule has 1 aliphatic carbocycles. The summed E-state index contributed by atoms with van der Waals surface area (Å²) in [5.41, 5.74) is 12.9. The largest absolute Gasteiger partial charge is 0.376 e. The first-order valence-corrected chi connectivity index (χ1v) is 10.1. The zero-order chi connectivity index (χ0) is 20.1. The lowest BCUT2D eigenvalue weighted by Crippen LogP contribution is -2.41. The molecule has 0 aromatic heterocycles. The first kappa shape index (κ1) is 20.0. The average molecular weight is 390 g/mol. The molecule has 0 saturated heterocycles. The molecule has 2 aromatic rings. The van der Waals surface area contributed by atoms with Crippen molar-refractivity contribution in [3.8, 4) is 0 Å². The standard InChI is InChI=1S/C24H27N3S/c1-17-11-12-19(18(2)15-17)13-14-27(24(26)28)23(25)22-10-6-9-21(16-22)20-7-4-3-5-8-20/h4,6-12,15-16,25H,3,5,13-14H2,1-2H3,(H2,26,28). The zero-order valence-electron chi connectivity index (χ0n) is 16.5. The number of thiocarbonyl (C=S) groups is 1. The van der Waals surface area contributed by atoms with Crippen LogP contribution in [0.25, 0.3) is 5.57 Å². The Morgan fingerprint density at radius 3 is 2.64 bits per heavy atom. The fourth-order valence-electron chi connectivity index (χ4n) is 3.52. The van der Waals surface area contributed by atoms with Gasteiger partial charge < -0.3 is 10.6 Å². The summed E-state index contributed by atoms with van der Waals surface area (Å²) in [5.74, 6) is 0.347. The summed E-state index contributed by atoms with van der Waals surface area (Å²) >= 11 is 5.26. The van der Waals surface area contributed by atoms with Crippen molar-refractivity contribution in [3.63, 3.8) is 0 Å². The summed E-state index contributed by atoms with van der Waals surface area (Å²) in [5, 5.41) is 8.94. The van der Waals surface area contributed by atoms with E-state index in [-0.39, 0.29) is 5.11 Å². The molecule has 0 heterocycles. The Morgan fingerprint density at radius 1 is 1.14 bits per heavy atom. The second-order valence-corrected chi connectivity index (χ2v) is 7.66. The Bertz CT molecular complexity index is 956. The van der Waals surface area contributed by atoms with Gasteiger partial charge in [-0.2, -0.15) is 0 Å². The van der Waals surface area contributed by atoms with Crippen molar-refractivity contribution in [1.29, 1.82) is 5.41 Å². The van der Waals surface area contributed by atoms with E-state index in [2.05, 4.69) is 56.3 Å². The Labute approximate surface area is 173 Å². The van der Waals surface area contributed by atoms with E-state index in [9.17, 15) is 0 Å². The van der Waals surface area contributed by atoms with Gasteiger partial charge in [0.05, 0.1) is 0 Å². The van der Waals surface area contributed by atoms with E-state index in [0.29, 0.717) is 12.4 Å². The highest BCUT2D eigenvalue weighted by atomic mass is 32.1. The fraction of sp³-hybridized carbons (Fsp3) is 0.250. The van der Waals surface area contributed by atoms with Crippen LogP contribution in [0.5, 0.6) is 0 Å². The third-order valence-corrected chi connectivity index (χ3v) is 5.32. The van der Waals surface area contributed by atoms with Gasteiger partial charge in [-0.05, 0) is 73.7 Å². The van der Waals surface area contributed by atoms with E-state index < -0.39 is 0 Å². The minimum atomic E-state index is 0.233. The lowest BCUT2D eigenvalue weighted by Gasteiger charge is -2.24. The quantitative estimate of drug-likeness (QED) is 0.422. The van der Waals surface area contributed by atoms with Gasteiger partial charge in [0.1, 0.15) is 5.84 Å². The number of hydrogen-bond donors (Lipinski definition) is 2. The molecule has 144 valence electrons. The number of amidine groups is 1. The summed E-state index contributed by atoms with van der Waals surface area (Å²) in [6.07, 6.45) is 9.53. The van der Waals surface area contributed by atoms with Crippen LogP contribution in [0.2, 0.25) is 0 Å². The fourth-order valence-corrected chi connectivity index (χ4v) is 3.70. The summed E-state index contributed by atoms with van der Waals surface area (Å²) < 4.78 is 0. The molecule has 0 atom stereocenters. The third-order valence-electron chi connectivity index (χ3n) is 5.10. The highest BCUT2D eigenvalue weighted by Gasteiger charge is 2.16. The molecule has 0 fully saturated rings. The lowest BCUT2D eigenvalue weighted by atomic mass is 9.97. The van der Waals surface area contributed by atoms with Crippen LogP contribution in [0, 0.1) is 19.3 Å². The van der Waals surface area contributed by atoms with E-state index >= 15 is 0 Å². The molecule has 1 aliphatic rings. The van der Waals surface area contributed by atoms with Crippen LogP contribution in [0.1, 0.15) is 40.7 Å². The molecule has 0 spiro atoms. The average Bonchev–Trinajstić information content (AvgIpc) is 2.70. The summed E-state index contributed by atoms with van der Waals surface area (Å²) in [6, 6.07) is 14.5. The van der Waals surface area contributed by atoms with Crippen molar-refractivity contribution in [2.75, 3.05) is 6.54 Å². The number of nitrogens with zero attached hydrogens (tertiary/aromatic N) is 1. The van der Waals surface area contributed by atoms with Crippen molar-refractivity contribution in [2.24, 2.45) is 5.73 Å². The van der Waals surface area contributed by atoms with Crippen molar-refractivity contribution < 1.29 is 0 Å². The number of rotatable bonds is 5. The van der Waals surface area contributed by atoms with Gasteiger partial charge in [0, 0.05) is 12.1 Å². The van der Waals surface area contributed by atoms with Crippen molar-refractivity contribution in [2.45, 2.75) is 33.1 Å². The maximum Gasteiger partial charge on any atom is 0.171 e. The SMILES string of the molecule is Cc1ccc(CCN(C(=N)c2cccc(C3=CCCC=C3)c2)C(N)=S)c(C)c1. The second kappa shape index (κ2) is 8.98. The molecular formula is C24H27N3S. The Morgan fingerprint density at radius 2 is 1.96 bits per heavy atom. The molecule has 2 aromatic carbocycles. The first-order chi connectivity index (χ1) is 13.5. The third kappa shape index (κ3) is 4.76. The van der Waals surface area contributed by atoms with Crippen LogP contribution in [0.15, 0.2) is 60.7 Å². The van der Waals surface area contributed by atoms with E-state index in [1.807, 2.05) is 18.2 Å². The number of nitrogens with one attached hydrogen (secondary N) is 1. The molecule has 0 unspecified atom stereocenters. The van der Waals surface area contributed by atoms with E-state index in [0.717, 1.165) is 30.4 Å². The minimum Gasteiger partial charge on any atom is -0.376 e. The molecule has 0 amide bonds. The molecule has 3 N–H and O–H groups in total. The number of benzene rings is 2. The molecular weight excluding hydrogens is 362 g/mol. The van der Waals surface area contributed by atoms with E-state index in [1.54, 1.807) is 4.90 Å². The minimum absolute atomic E-state index is 0.233. The Kier molecular flexibility index (Phi) is 6.42. The van der Waals surface area contributed by atoms with E-state index in [4.69, 9.17) is 23.4 Å². The molecule has 0 bridgehead atoms. The van der Waals surface area contributed by atoms with Crippen LogP contribution in [0.4, 0.5) is 0 Å². The number of nitrogens with two attached hydrogens (primary N) is 1. The zero-order valence-corrected chi connectivity index (χ0v) is 17.4. The van der Waals surface area contributed by atoms with Gasteiger partial charge in [0.15, 0.2) is 5.11 Å². The van der Waals surface area contributed by atoms with Gasteiger partial charge in [-0.3, -0.25) is 5.41 Å². The van der Waals surface area contributed by atoms with Crippen molar-refractivity contribution >= 4 is 28.7 Å². The van der Waals surface area contributed by atoms with Crippen LogP contribution < -0.4 is 5.73 Å². The molecule has 0 aliphatic heterocycles. The molecule has 3 rings (SSSR count). The van der Waals surface area contributed by atoms with Gasteiger partial charge in [0.25, 0.3) is 0 Å². The molecule has 3 nitrogen and oxygen atoms in total. The summed E-state index contributed by atoms with van der Waals surface area (Å²) in [7, 11) is 0. The molecule has 28 heavy (non-hydrogen) atoms. The van der Waals surface area contributed by atoms with Gasteiger partial charge in [-0.15, -0.1) is 0 Å². The van der Waals surface area contributed by atoms with Crippen LogP contribution in [-0.4, -0.2) is 22.4 Å². The highest BCUT2D eigenvalue weighted by molar-refractivity contribution is 7.80. The number of aryl methyl sites for hydroxylation is 2. The van der Waals surface area contributed by atoms with Crippen LogP contribution in [-0.2, 0) is 6.42 Å². The van der Waals surface area contributed by atoms with Crippen molar-refractivity contribution in [1.82, 2.24) is 4.90 Å². The van der Waals surface area contributed by atoms with Crippen LogP contribution in [0.3, 0.4) is 0 Å². The topological polar surface area (TPSA) is 53.1 Å². The number of hydrogen-bond acceptors (Lipinski definition) is 2. The molecule has 4 heteroatoms. The predicted molar refractivity (Wildman–Crippen MR) is 123 cm³/mol.